The molecular weight excluding hydrogens is 210 g/mol. The van der Waals surface area contributed by atoms with Crippen LogP contribution in [0, 0.1) is 0 Å². The van der Waals surface area contributed by atoms with Crippen LogP contribution < -0.4 is 4.90 Å². The Morgan fingerprint density at radius 2 is 1.94 bits per heavy atom. The van der Waals surface area contributed by atoms with Crippen molar-refractivity contribution in [1.82, 2.24) is 0 Å². The molecule has 0 aromatic heterocycles. The highest BCUT2D eigenvalue weighted by atomic mass is 16.5. The van der Waals surface area contributed by atoms with E-state index in [1.807, 2.05) is 0 Å². The summed E-state index contributed by atoms with van der Waals surface area (Å²) in [6.07, 6.45) is 0. The summed E-state index contributed by atoms with van der Waals surface area (Å²) in [6.45, 7) is 11.7. The maximum absolute atomic E-state index is 5.15. The van der Waals surface area contributed by atoms with E-state index < -0.39 is 0 Å². The van der Waals surface area contributed by atoms with Gasteiger partial charge in [0.15, 0.2) is 0 Å². The minimum absolute atomic E-state index is 0.205. The zero-order valence-corrected chi connectivity index (χ0v) is 11.8. The topological polar surface area (TPSA) is 12.5 Å². The lowest BCUT2D eigenvalue weighted by Gasteiger charge is -2.26. The number of benzene rings is 1. The van der Waals surface area contributed by atoms with Gasteiger partial charge in [-0.1, -0.05) is 32.9 Å². The molecule has 0 spiro atoms. The van der Waals surface area contributed by atoms with Crippen molar-refractivity contribution in [2.45, 2.75) is 33.1 Å². The van der Waals surface area contributed by atoms with Crippen LogP contribution in [0.2, 0.25) is 0 Å². The number of hydrogen-bond acceptors (Lipinski definition) is 2. The molecule has 2 heteroatoms. The molecule has 0 saturated heterocycles. The first-order valence-electron chi connectivity index (χ1n) is 6.33. The highest BCUT2D eigenvalue weighted by Crippen LogP contribution is 2.26. The van der Waals surface area contributed by atoms with Gasteiger partial charge in [-0.15, -0.1) is 0 Å². The molecule has 17 heavy (non-hydrogen) atoms. The molecule has 96 valence electrons. The fraction of sp³-hybridized carbons (Fsp3) is 0.600. The minimum atomic E-state index is 0.205. The Morgan fingerprint density at radius 3 is 2.47 bits per heavy atom. The van der Waals surface area contributed by atoms with E-state index in [2.05, 4.69) is 56.9 Å². The van der Waals surface area contributed by atoms with E-state index in [1.165, 1.54) is 11.3 Å². The summed E-state index contributed by atoms with van der Waals surface area (Å²) in [6, 6.07) is 8.81. The third-order valence-corrected chi connectivity index (χ3v) is 3.02. The molecule has 1 aromatic carbocycles. The monoisotopic (exact) mass is 235 g/mol. The average Bonchev–Trinajstić information content (AvgIpc) is 2.29. The summed E-state index contributed by atoms with van der Waals surface area (Å²) in [5, 5.41) is 0. The molecule has 0 aliphatic rings. The SMILES string of the molecule is CCN(CCOC)c1cccc(C(C)(C)C)c1. The van der Waals surface area contributed by atoms with Gasteiger partial charge >= 0.3 is 0 Å². The maximum atomic E-state index is 5.15. The fourth-order valence-corrected chi connectivity index (χ4v) is 1.84. The standard InChI is InChI=1S/C15H25NO/c1-6-16(10-11-17-5)14-9-7-8-13(12-14)15(2,3)4/h7-9,12H,6,10-11H2,1-5H3. The second-order valence-corrected chi connectivity index (χ2v) is 5.37. The normalized spacial score (nSPS) is 11.6. The number of rotatable bonds is 5. The maximum Gasteiger partial charge on any atom is 0.0637 e. The largest absolute Gasteiger partial charge is 0.383 e. The van der Waals surface area contributed by atoms with Crippen LogP contribution >= 0.6 is 0 Å². The number of nitrogens with zero attached hydrogens (tertiary/aromatic N) is 1. The van der Waals surface area contributed by atoms with E-state index in [0.29, 0.717) is 0 Å². The minimum Gasteiger partial charge on any atom is -0.383 e. The fourth-order valence-electron chi connectivity index (χ4n) is 1.84. The second kappa shape index (κ2) is 6.06. The van der Waals surface area contributed by atoms with Crippen molar-refractivity contribution >= 4 is 5.69 Å². The Hall–Kier alpha value is -1.02. The highest BCUT2D eigenvalue weighted by Gasteiger charge is 2.14. The Labute approximate surface area is 106 Å². The first-order valence-corrected chi connectivity index (χ1v) is 6.33. The Bertz CT molecular complexity index is 341. The molecule has 0 fully saturated rings. The van der Waals surface area contributed by atoms with Crippen LogP contribution in [0.15, 0.2) is 24.3 Å². The molecule has 0 heterocycles. The van der Waals surface area contributed by atoms with Crippen LogP contribution in [0.1, 0.15) is 33.3 Å². The van der Waals surface area contributed by atoms with E-state index in [4.69, 9.17) is 4.74 Å². The summed E-state index contributed by atoms with van der Waals surface area (Å²) in [7, 11) is 1.75. The summed E-state index contributed by atoms with van der Waals surface area (Å²) >= 11 is 0. The van der Waals surface area contributed by atoms with Gasteiger partial charge in [0.1, 0.15) is 0 Å². The second-order valence-electron chi connectivity index (χ2n) is 5.37. The molecule has 0 amide bonds. The zero-order valence-electron chi connectivity index (χ0n) is 11.8. The van der Waals surface area contributed by atoms with Crippen LogP contribution in [0.4, 0.5) is 5.69 Å². The molecule has 1 rings (SSSR count). The molecule has 0 aliphatic carbocycles. The molecule has 1 aromatic rings. The van der Waals surface area contributed by atoms with E-state index in [0.717, 1.165) is 19.7 Å². The number of hydrogen-bond donors (Lipinski definition) is 0. The molecule has 0 atom stereocenters. The Morgan fingerprint density at radius 1 is 1.24 bits per heavy atom. The van der Waals surface area contributed by atoms with Gasteiger partial charge in [-0.25, -0.2) is 0 Å². The van der Waals surface area contributed by atoms with Gasteiger partial charge in [0.05, 0.1) is 6.61 Å². The van der Waals surface area contributed by atoms with Gasteiger partial charge in [0.25, 0.3) is 0 Å². The third kappa shape index (κ3) is 4.04. The van der Waals surface area contributed by atoms with Crippen LogP contribution in [-0.2, 0) is 10.2 Å². The molecule has 0 radical (unpaired) electrons. The molecule has 2 nitrogen and oxygen atoms in total. The van der Waals surface area contributed by atoms with E-state index in [-0.39, 0.29) is 5.41 Å². The van der Waals surface area contributed by atoms with Crippen molar-refractivity contribution < 1.29 is 4.74 Å². The van der Waals surface area contributed by atoms with Crippen molar-refractivity contribution in [3.63, 3.8) is 0 Å². The van der Waals surface area contributed by atoms with Crippen molar-refractivity contribution in [3.8, 4) is 0 Å². The van der Waals surface area contributed by atoms with Crippen LogP contribution in [0.25, 0.3) is 0 Å². The van der Waals surface area contributed by atoms with Crippen molar-refractivity contribution in [2.75, 3.05) is 31.7 Å². The van der Waals surface area contributed by atoms with Gasteiger partial charge < -0.3 is 9.64 Å². The van der Waals surface area contributed by atoms with Crippen LogP contribution in [0.5, 0.6) is 0 Å². The van der Waals surface area contributed by atoms with E-state index in [9.17, 15) is 0 Å². The van der Waals surface area contributed by atoms with Crippen molar-refractivity contribution in [2.24, 2.45) is 0 Å². The average molecular weight is 235 g/mol. The first kappa shape index (κ1) is 14.0. The first-order chi connectivity index (χ1) is 7.99. The predicted octanol–water partition coefficient (Wildman–Crippen LogP) is 3.46. The Balaban J connectivity index is 2.89. The lowest BCUT2D eigenvalue weighted by atomic mass is 9.87. The Kier molecular flexibility index (Phi) is 5.01. The summed E-state index contributed by atoms with van der Waals surface area (Å²) in [5.74, 6) is 0. The van der Waals surface area contributed by atoms with Gasteiger partial charge in [0.2, 0.25) is 0 Å². The molecular formula is C15H25NO. The smallest absolute Gasteiger partial charge is 0.0637 e. The van der Waals surface area contributed by atoms with Gasteiger partial charge in [-0.05, 0) is 30.0 Å². The lowest BCUT2D eigenvalue weighted by Crippen LogP contribution is -2.27. The van der Waals surface area contributed by atoms with Crippen LogP contribution in [0.3, 0.4) is 0 Å². The predicted molar refractivity (Wildman–Crippen MR) is 74.9 cm³/mol. The van der Waals surface area contributed by atoms with Crippen LogP contribution in [-0.4, -0.2) is 26.8 Å². The number of anilines is 1. The van der Waals surface area contributed by atoms with Gasteiger partial charge in [0, 0.05) is 25.9 Å². The van der Waals surface area contributed by atoms with E-state index in [1.54, 1.807) is 7.11 Å². The number of methoxy groups -OCH3 is 1. The summed E-state index contributed by atoms with van der Waals surface area (Å²) < 4.78 is 5.15. The van der Waals surface area contributed by atoms with Crippen molar-refractivity contribution in [3.05, 3.63) is 29.8 Å². The quantitative estimate of drug-likeness (QED) is 0.775. The van der Waals surface area contributed by atoms with Gasteiger partial charge in [-0.2, -0.15) is 0 Å². The molecule has 0 N–H and O–H groups in total. The molecule has 0 unspecified atom stereocenters. The van der Waals surface area contributed by atoms with E-state index >= 15 is 0 Å². The van der Waals surface area contributed by atoms with Crippen molar-refractivity contribution in [1.29, 1.82) is 0 Å². The summed E-state index contributed by atoms with van der Waals surface area (Å²) in [4.78, 5) is 2.35. The van der Waals surface area contributed by atoms with Gasteiger partial charge in [-0.3, -0.25) is 0 Å². The molecule has 0 aliphatic heterocycles. The zero-order chi connectivity index (χ0) is 12.9. The molecule has 0 saturated carbocycles. The lowest BCUT2D eigenvalue weighted by molar-refractivity contribution is 0.205. The molecule has 0 bridgehead atoms. The summed E-state index contributed by atoms with van der Waals surface area (Å²) in [5.41, 5.74) is 2.87. The number of likely N-dealkylation sites (N-methyl/N-ethyl adjacent to an activating group) is 1. The number of ether oxygens (including phenoxy) is 1. The highest BCUT2D eigenvalue weighted by molar-refractivity contribution is 5.49. The third-order valence-electron chi connectivity index (χ3n) is 3.02.